The molecule has 1 aromatic heterocycles. The Morgan fingerprint density at radius 2 is 2.12 bits per heavy atom. The molecule has 1 heterocycles. The number of nitrogens with one attached hydrogen (secondary N) is 1. The van der Waals surface area contributed by atoms with E-state index < -0.39 is 0 Å². The third-order valence-electron chi connectivity index (χ3n) is 2.99. The van der Waals surface area contributed by atoms with Crippen molar-refractivity contribution in [2.24, 2.45) is 5.73 Å². The number of nitrogens with two attached hydrogens (primary N) is 1. The molecule has 3 nitrogen and oxygen atoms in total. The van der Waals surface area contributed by atoms with E-state index in [-0.39, 0.29) is 5.41 Å². The SMILES string of the molecule is Cc1c(Cl)ccc2[nH]c(C(C)(C)CN)nc12. The van der Waals surface area contributed by atoms with Gasteiger partial charge < -0.3 is 10.7 Å². The van der Waals surface area contributed by atoms with Crippen molar-refractivity contribution in [3.63, 3.8) is 0 Å². The van der Waals surface area contributed by atoms with E-state index >= 15 is 0 Å². The van der Waals surface area contributed by atoms with Crippen LogP contribution < -0.4 is 5.73 Å². The van der Waals surface area contributed by atoms with Gasteiger partial charge in [0.1, 0.15) is 5.82 Å². The van der Waals surface area contributed by atoms with Crippen molar-refractivity contribution in [1.82, 2.24) is 9.97 Å². The van der Waals surface area contributed by atoms with Crippen LogP contribution in [0, 0.1) is 6.92 Å². The van der Waals surface area contributed by atoms with Crippen LogP contribution in [-0.2, 0) is 5.41 Å². The molecule has 0 aliphatic rings. The first-order valence-corrected chi connectivity index (χ1v) is 5.69. The fraction of sp³-hybridized carbons (Fsp3) is 0.417. The van der Waals surface area contributed by atoms with Gasteiger partial charge in [-0.25, -0.2) is 4.98 Å². The molecule has 0 radical (unpaired) electrons. The maximum absolute atomic E-state index is 6.07. The summed E-state index contributed by atoms with van der Waals surface area (Å²) >= 11 is 6.07. The molecule has 0 atom stereocenters. The fourth-order valence-electron chi connectivity index (χ4n) is 1.61. The van der Waals surface area contributed by atoms with E-state index in [1.54, 1.807) is 0 Å². The van der Waals surface area contributed by atoms with Gasteiger partial charge in [0.05, 0.1) is 11.0 Å². The normalized spacial score (nSPS) is 12.3. The van der Waals surface area contributed by atoms with Gasteiger partial charge in [-0.1, -0.05) is 25.4 Å². The first kappa shape index (κ1) is 11.4. The monoisotopic (exact) mass is 237 g/mol. The molecule has 86 valence electrons. The third-order valence-corrected chi connectivity index (χ3v) is 3.40. The summed E-state index contributed by atoms with van der Waals surface area (Å²) in [5.41, 5.74) is 8.56. The lowest BCUT2D eigenvalue weighted by Gasteiger charge is -2.18. The number of H-pyrrole nitrogens is 1. The summed E-state index contributed by atoms with van der Waals surface area (Å²) in [6, 6.07) is 3.84. The van der Waals surface area contributed by atoms with E-state index in [4.69, 9.17) is 17.3 Å². The minimum Gasteiger partial charge on any atom is -0.341 e. The van der Waals surface area contributed by atoms with Crippen molar-refractivity contribution in [3.8, 4) is 0 Å². The number of aryl methyl sites for hydroxylation is 1. The van der Waals surface area contributed by atoms with Crippen molar-refractivity contribution in [2.45, 2.75) is 26.2 Å². The molecular formula is C12H16ClN3. The summed E-state index contributed by atoms with van der Waals surface area (Å²) in [6.45, 7) is 6.67. The number of aromatic nitrogens is 2. The Bertz CT molecular complexity index is 528. The fourth-order valence-corrected chi connectivity index (χ4v) is 1.76. The van der Waals surface area contributed by atoms with Crippen molar-refractivity contribution < 1.29 is 0 Å². The zero-order valence-electron chi connectivity index (χ0n) is 9.76. The van der Waals surface area contributed by atoms with Gasteiger partial charge in [-0.05, 0) is 24.6 Å². The smallest absolute Gasteiger partial charge is 0.114 e. The number of rotatable bonds is 2. The summed E-state index contributed by atoms with van der Waals surface area (Å²) in [6.07, 6.45) is 0. The molecule has 1 aromatic carbocycles. The van der Waals surface area contributed by atoms with E-state index in [0.29, 0.717) is 6.54 Å². The van der Waals surface area contributed by atoms with Crippen LogP contribution in [-0.4, -0.2) is 16.5 Å². The highest BCUT2D eigenvalue weighted by Crippen LogP contribution is 2.27. The Morgan fingerprint density at radius 1 is 1.44 bits per heavy atom. The van der Waals surface area contributed by atoms with Crippen LogP contribution in [0.1, 0.15) is 25.2 Å². The second-order valence-corrected chi connectivity index (χ2v) is 5.15. The minimum absolute atomic E-state index is 0.141. The highest BCUT2D eigenvalue weighted by atomic mass is 35.5. The highest BCUT2D eigenvalue weighted by molar-refractivity contribution is 6.32. The molecule has 3 N–H and O–H groups in total. The largest absolute Gasteiger partial charge is 0.341 e. The highest BCUT2D eigenvalue weighted by Gasteiger charge is 2.23. The zero-order chi connectivity index (χ0) is 11.9. The summed E-state index contributed by atoms with van der Waals surface area (Å²) in [7, 11) is 0. The molecule has 0 aliphatic heterocycles. The summed E-state index contributed by atoms with van der Waals surface area (Å²) in [5.74, 6) is 0.912. The number of hydrogen-bond acceptors (Lipinski definition) is 2. The van der Waals surface area contributed by atoms with Crippen molar-refractivity contribution in [2.75, 3.05) is 6.54 Å². The lowest BCUT2D eigenvalue weighted by Crippen LogP contribution is -2.29. The number of halogens is 1. The van der Waals surface area contributed by atoms with E-state index in [0.717, 1.165) is 27.4 Å². The number of aromatic amines is 1. The Hall–Kier alpha value is -1.06. The zero-order valence-corrected chi connectivity index (χ0v) is 10.5. The molecule has 0 spiro atoms. The average molecular weight is 238 g/mol. The Morgan fingerprint density at radius 3 is 2.75 bits per heavy atom. The van der Waals surface area contributed by atoms with Crippen molar-refractivity contribution >= 4 is 22.6 Å². The Balaban J connectivity index is 2.65. The third kappa shape index (κ3) is 1.70. The number of hydrogen-bond donors (Lipinski definition) is 2. The quantitative estimate of drug-likeness (QED) is 0.844. The summed E-state index contributed by atoms with van der Waals surface area (Å²) < 4.78 is 0. The molecule has 0 saturated heterocycles. The molecule has 4 heteroatoms. The summed E-state index contributed by atoms with van der Waals surface area (Å²) in [4.78, 5) is 7.90. The van der Waals surface area contributed by atoms with Gasteiger partial charge in [0.2, 0.25) is 0 Å². The molecule has 0 fully saturated rings. The van der Waals surface area contributed by atoms with Crippen LogP contribution in [0.2, 0.25) is 5.02 Å². The minimum atomic E-state index is -0.141. The van der Waals surface area contributed by atoms with Gasteiger partial charge in [0.25, 0.3) is 0 Å². The molecule has 0 bridgehead atoms. The maximum Gasteiger partial charge on any atom is 0.114 e. The molecule has 0 unspecified atom stereocenters. The van der Waals surface area contributed by atoms with E-state index in [1.165, 1.54) is 0 Å². The Labute approximate surface area is 100 Å². The standard InChI is InChI=1S/C12H16ClN3/c1-7-8(13)4-5-9-10(7)16-11(15-9)12(2,3)6-14/h4-5H,6,14H2,1-3H3,(H,15,16). The number of imidazole rings is 1. The van der Waals surface area contributed by atoms with Gasteiger partial charge in [0, 0.05) is 17.0 Å². The number of benzene rings is 1. The summed E-state index contributed by atoms with van der Waals surface area (Å²) in [5, 5.41) is 0.746. The first-order chi connectivity index (χ1) is 7.45. The first-order valence-electron chi connectivity index (χ1n) is 5.31. The Kier molecular flexibility index (Phi) is 2.68. The molecule has 0 aliphatic carbocycles. The van der Waals surface area contributed by atoms with E-state index in [1.807, 2.05) is 19.1 Å². The number of nitrogens with zero attached hydrogens (tertiary/aromatic N) is 1. The van der Waals surface area contributed by atoms with Gasteiger partial charge >= 0.3 is 0 Å². The molecule has 16 heavy (non-hydrogen) atoms. The predicted molar refractivity (Wildman–Crippen MR) is 67.9 cm³/mol. The van der Waals surface area contributed by atoms with Gasteiger partial charge in [0.15, 0.2) is 0 Å². The van der Waals surface area contributed by atoms with E-state index in [9.17, 15) is 0 Å². The number of fused-ring (bicyclic) bond motifs is 1. The van der Waals surface area contributed by atoms with Crippen LogP contribution in [0.5, 0.6) is 0 Å². The van der Waals surface area contributed by atoms with Gasteiger partial charge in [-0.2, -0.15) is 0 Å². The average Bonchev–Trinajstić information content (AvgIpc) is 2.69. The van der Waals surface area contributed by atoms with Crippen LogP contribution >= 0.6 is 11.6 Å². The van der Waals surface area contributed by atoms with Crippen LogP contribution in [0.3, 0.4) is 0 Å². The second-order valence-electron chi connectivity index (χ2n) is 4.74. The second kappa shape index (κ2) is 3.75. The topological polar surface area (TPSA) is 54.7 Å². The van der Waals surface area contributed by atoms with Crippen molar-refractivity contribution in [3.05, 3.63) is 28.5 Å². The van der Waals surface area contributed by atoms with Crippen LogP contribution in [0.15, 0.2) is 12.1 Å². The van der Waals surface area contributed by atoms with Crippen LogP contribution in [0.4, 0.5) is 0 Å². The predicted octanol–water partition coefficient (Wildman–Crippen LogP) is 2.76. The molecule has 0 saturated carbocycles. The van der Waals surface area contributed by atoms with Crippen molar-refractivity contribution in [1.29, 1.82) is 0 Å². The molecule has 2 rings (SSSR count). The van der Waals surface area contributed by atoms with E-state index in [2.05, 4.69) is 23.8 Å². The maximum atomic E-state index is 6.07. The molecular weight excluding hydrogens is 222 g/mol. The van der Waals surface area contributed by atoms with Gasteiger partial charge in [-0.15, -0.1) is 0 Å². The lowest BCUT2D eigenvalue weighted by atomic mass is 9.93. The molecule has 0 amide bonds. The molecule has 2 aromatic rings. The van der Waals surface area contributed by atoms with Gasteiger partial charge in [-0.3, -0.25) is 0 Å². The van der Waals surface area contributed by atoms with Crippen LogP contribution in [0.25, 0.3) is 11.0 Å². The lowest BCUT2D eigenvalue weighted by molar-refractivity contribution is 0.509.